The Morgan fingerprint density at radius 2 is 2.00 bits per heavy atom. The van der Waals surface area contributed by atoms with Crippen LogP contribution in [0.25, 0.3) is 0 Å². The first-order valence-electron chi connectivity index (χ1n) is 6.02. The van der Waals surface area contributed by atoms with Crippen molar-refractivity contribution < 1.29 is 9.90 Å². The molecule has 1 amide bonds. The molecule has 1 aliphatic heterocycles. The van der Waals surface area contributed by atoms with Gasteiger partial charge in [0, 0.05) is 25.5 Å². The van der Waals surface area contributed by atoms with E-state index in [9.17, 15) is 4.79 Å². The number of carbonyl (C=O) groups is 1. The van der Waals surface area contributed by atoms with Crippen LogP contribution in [0, 0.1) is 5.92 Å². The molecule has 1 aliphatic rings. The first kappa shape index (κ1) is 12.1. The largest absolute Gasteiger partial charge is 0.396 e. The molecule has 2 rings (SSSR count). The predicted molar refractivity (Wildman–Crippen MR) is 66.4 cm³/mol. The van der Waals surface area contributed by atoms with Crippen LogP contribution in [0.3, 0.4) is 0 Å². The van der Waals surface area contributed by atoms with Gasteiger partial charge in [0.25, 0.3) is 0 Å². The number of likely N-dealkylation sites (tertiary alicyclic amines) is 1. The number of hydrogen-bond donors (Lipinski definition) is 1. The SMILES string of the molecule is CC(C)(c1ccccc1)N1CC(CO)CC1=O. The first-order valence-corrected chi connectivity index (χ1v) is 6.02. The lowest BCUT2D eigenvalue weighted by Gasteiger charge is -2.36. The summed E-state index contributed by atoms with van der Waals surface area (Å²) in [5, 5.41) is 9.16. The molecule has 0 spiro atoms. The van der Waals surface area contributed by atoms with E-state index in [0.717, 1.165) is 5.56 Å². The van der Waals surface area contributed by atoms with Gasteiger partial charge in [-0.05, 0) is 19.4 Å². The second-order valence-corrected chi connectivity index (χ2v) is 5.18. The molecule has 1 aromatic carbocycles. The molecule has 17 heavy (non-hydrogen) atoms. The van der Waals surface area contributed by atoms with Crippen molar-refractivity contribution in [2.24, 2.45) is 5.92 Å². The molecule has 3 nitrogen and oxygen atoms in total. The summed E-state index contributed by atoms with van der Waals surface area (Å²) in [5.41, 5.74) is 0.828. The van der Waals surface area contributed by atoms with Crippen molar-refractivity contribution in [3.05, 3.63) is 35.9 Å². The topological polar surface area (TPSA) is 40.5 Å². The normalized spacial score (nSPS) is 21.0. The Bertz CT molecular complexity index is 400. The van der Waals surface area contributed by atoms with Crippen LogP contribution in [0.15, 0.2) is 30.3 Å². The molecule has 1 saturated heterocycles. The van der Waals surface area contributed by atoms with Crippen LogP contribution < -0.4 is 0 Å². The van der Waals surface area contributed by atoms with Gasteiger partial charge in [0.1, 0.15) is 0 Å². The minimum Gasteiger partial charge on any atom is -0.396 e. The van der Waals surface area contributed by atoms with Crippen LogP contribution in [0.4, 0.5) is 0 Å². The van der Waals surface area contributed by atoms with Gasteiger partial charge in [-0.15, -0.1) is 0 Å². The van der Waals surface area contributed by atoms with E-state index in [4.69, 9.17) is 5.11 Å². The van der Waals surface area contributed by atoms with Crippen LogP contribution >= 0.6 is 0 Å². The Morgan fingerprint density at radius 3 is 2.53 bits per heavy atom. The van der Waals surface area contributed by atoms with E-state index in [1.54, 1.807) is 0 Å². The molecule has 1 unspecified atom stereocenters. The third kappa shape index (κ3) is 2.20. The number of rotatable bonds is 3. The summed E-state index contributed by atoms with van der Waals surface area (Å²) < 4.78 is 0. The van der Waals surface area contributed by atoms with E-state index in [2.05, 4.69) is 13.8 Å². The number of hydrogen-bond acceptors (Lipinski definition) is 2. The number of benzene rings is 1. The number of aliphatic hydroxyl groups excluding tert-OH is 1. The predicted octanol–water partition coefficient (Wildman–Crippen LogP) is 1.76. The monoisotopic (exact) mass is 233 g/mol. The van der Waals surface area contributed by atoms with Crippen molar-refractivity contribution in [2.45, 2.75) is 25.8 Å². The van der Waals surface area contributed by atoms with Crippen molar-refractivity contribution in [3.63, 3.8) is 0 Å². The summed E-state index contributed by atoms with van der Waals surface area (Å²) in [7, 11) is 0. The Morgan fingerprint density at radius 1 is 1.35 bits per heavy atom. The molecule has 0 aromatic heterocycles. The highest BCUT2D eigenvalue weighted by Gasteiger charge is 2.39. The smallest absolute Gasteiger partial charge is 0.223 e. The van der Waals surface area contributed by atoms with Crippen molar-refractivity contribution in [3.8, 4) is 0 Å². The summed E-state index contributed by atoms with van der Waals surface area (Å²) in [5.74, 6) is 0.225. The average Bonchev–Trinajstić information content (AvgIpc) is 2.72. The van der Waals surface area contributed by atoms with Crippen molar-refractivity contribution in [1.82, 2.24) is 4.90 Å². The van der Waals surface area contributed by atoms with Gasteiger partial charge in [0.2, 0.25) is 5.91 Å². The summed E-state index contributed by atoms with van der Waals surface area (Å²) >= 11 is 0. The molecule has 3 heteroatoms. The van der Waals surface area contributed by atoms with E-state index in [1.807, 2.05) is 35.2 Å². The third-order valence-electron chi connectivity index (χ3n) is 3.62. The van der Waals surface area contributed by atoms with Crippen LogP contribution in [-0.4, -0.2) is 29.1 Å². The minimum absolute atomic E-state index is 0.0884. The molecular formula is C14H19NO2. The van der Waals surface area contributed by atoms with Gasteiger partial charge in [-0.3, -0.25) is 4.79 Å². The molecule has 1 fully saturated rings. The minimum atomic E-state index is -0.303. The van der Waals surface area contributed by atoms with Crippen molar-refractivity contribution in [1.29, 1.82) is 0 Å². The highest BCUT2D eigenvalue weighted by molar-refractivity contribution is 5.79. The zero-order valence-electron chi connectivity index (χ0n) is 10.4. The number of aliphatic hydroxyl groups is 1. The zero-order valence-corrected chi connectivity index (χ0v) is 10.4. The molecule has 1 atom stereocenters. The van der Waals surface area contributed by atoms with Gasteiger partial charge in [-0.1, -0.05) is 30.3 Å². The maximum absolute atomic E-state index is 12.0. The van der Waals surface area contributed by atoms with Crippen LogP contribution in [-0.2, 0) is 10.3 Å². The lowest BCUT2D eigenvalue weighted by atomic mass is 9.92. The summed E-state index contributed by atoms with van der Waals surface area (Å²) in [6.07, 6.45) is 0.465. The maximum Gasteiger partial charge on any atom is 0.223 e. The highest BCUT2D eigenvalue weighted by Crippen LogP contribution is 2.33. The van der Waals surface area contributed by atoms with Crippen molar-refractivity contribution >= 4 is 5.91 Å². The molecule has 1 aromatic rings. The van der Waals surface area contributed by atoms with Gasteiger partial charge < -0.3 is 10.0 Å². The average molecular weight is 233 g/mol. The standard InChI is InChI=1S/C14H19NO2/c1-14(2,12-6-4-3-5-7-12)15-9-11(10-16)8-13(15)17/h3-7,11,16H,8-10H2,1-2H3. The highest BCUT2D eigenvalue weighted by atomic mass is 16.3. The van der Waals surface area contributed by atoms with Gasteiger partial charge in [0.15, 0.2) is 0 Å². The van der Waals surface area contributed by atoms with Gasteiger partial charge in [-0.25, -0.2) is 0 Å². The Labute approximate surface area is 102 Å². The summed E-state index contributed by atoms with van der Waals surface area (Å²) in [6.45, 7) is 4.85. The number of nitrogens with zero attached hydrogens (tertiary/aromatic N) is 1. The molecule has 1 N–H and O–H groups in total. The van der Waals surface area contributed by atoms with E-state index in [0.29, 0.717) is 13.0 Å². The van der Waals surface area contributed by atoms with Gasteiger partial charge >= 0.3 is 0 Å². The molecule has 0 saturated carbocycles. The lowest BCUT2D eigenvalue weighted by molar-refractivity contribution is -0.132. The van der Waals surface area contributed by atoms with Crippen LogP contribution in [0.5, 0.6) is 0 Å². The van der Waals surface area contributed by atoms with E-state index in [1.165, 1.54) is 0 Å². The Balaban J connectivity index is 2.24. The fourth-order valence-corrected chi connectivity index (χ4v) is 2.45. The lowest BCUT2D eigenvalue weighted by Crippen LogP contribution is -2.42. The van der Waals surface area contributed by atoms with Crippen LogP contribution in [0.2, 0.25) is 0 Å². The van der Waals surface area contributed by atoms with E-state index >= 15 is 0 Å². The summed E-state index contributed by atoms with van der Waals surface area (Å²) in [4.78, 5) is 13.9. The number of carbonyl (C=O) groups excluding carboxylic acids is 1. The van der Waals surface area contributed by atoms with E-state index < -0.39 is 0 Å². The molecular weight excluding hydrogens is 214 g/mol. The van der Waals surface area contributed by atoms with Crippen molar-refractivity contribution in [2.75, 3.05) is 13.2 Å². The fourth-order valence-electron chi connectivity index (χ4n) is 2.45. The quantitative estimate of drug-likeness (QED) is 0.864. The second kappa shape index (κ2) is 4.49. The zero-order chi connectivity index (χ0) is 12.5. The molecule has 0 aliphatic carbocycles. The molecule has 0 bridgehead atoms. The summed E-state index contributed by atoms with van der Waals surface area (Å²) in [6, 6.07) is 10.0. The third-order valence-corrected chi connectivity index (χ3v) is 3.62. The number of amides is 1. The molecule has 92 valence electrons. The Hall–Kier alpha value is -1.35. The van der Waals surface area contributed by atoms with Crippen LogP contribution in [0.1, 0.15) is 25.8 Å². The molecule has 0 radical (unpaired) electrons. The van der Waals surface area contributed by atoms with Gasteiger partial charge in [-0.2, -0.15) is 0 Å². The second-order valence-electron chi connectivity index (χ2n) is 5.18. The Kier molecular flexibility index (Phi) is 3.20. The van der Waals surface area contributed by atoms with E-state index in [-0.39, 0.29) is 24.0 Å². The maximum atomic E-state index is 12.0. The first-order chi connectivity index (χ1) is 8.05. The fraction of sp³-hybridized carbons (Fsp3) is 0.500. The van der Waals surface area contributed by atoms with Gasteiger partial charge in [0.05, 0.1) is 5.54 Å². The molecule has 1 heterocycles.